The molecule has 0 unspecified atom stereocenters. The third kappa shape index (κ3) is 4.84. The fraction of sp³-hybridized carbons (Fsp3) is 0.214. The largest absolute Gasteiger partial charge is 0.416 e. The number of benzene rings is 3. The zero-order valence-corrected chi connectivity index (χ0v) is 21.3. The Morgan fingerprint density at radius 3 is 2.58 bits per heavy atom. The molecule has 1 aliphatic rings. The van der Waals surface area contributed by atoms with Gasteiger partial charge in [0.05, 0.1) is 46.6 Å². The third-order valence-electron chi connectivity index (χ3n) is 6.56. The molecule has 0 spiro atoms. The molecule has 0 atom stereocenters. The smallest absolute Gasteiger partial charge is 0.378 e. The maximum absolute atomic E-state index is 12.9. The van der Waals surface area contributed by atoms with Gasteiger partial charge in [-0.25, -0.2) is 9.97 Å². The van der Waals surface area contributed by atoms with Crippen LogP contribution >= 0.6 is 11.3 Å². The number of fused-ring (bicyclic) bond motifs is 1. The maximum Gasteiger partial charge on any atom is 0.416 e. The second-order valence-electron chi connectivity index (χ2n) is 9.12. The number of imidazole rings is 1. The quantitative estimate of drug-likeness (QED) is 0.248. The lowest BCUT2D eigenvalue weighted by Gasteiger charge is -2.25. The van der Waals surface area contributed by atoms with Crippen LogP contribution in [0.3, 0.4) is 0 Å². The second-order valence-corrected chi connectivity index (χ2v) is 10.1. The summed E-state index contributed by atoms with van der Waals surface area (Å²) in [7, 11) is 0. The zero-order valence-electron chi connectivity index (χ0n) is 20.5. The summed E-state index contributed by atoms with van der Waals surface area (Å²) in [6, 6.07) is 17.2. The topological polar surface area (TPSA) is 66.1 Å². The van der Waals surface area contributed by atoms with Gasteiger partial charge in [0, 0.05) is 24.3 Å². The third-order valence-corrected chi connectivity index (χ3v) is 7.72. The van der Waals surface area contributed by atoms with Crippen LogP contribution in [-0.2, 0) is 10.9 Å². The Bertz CT molecular complexity index is 1590. The minimum absolute atomic E-state index is 0.636. The van der Waals surface area contributed by atoms with Crippen molar-refractivity contribution in [3.05, 3.63) is 78.0 Å². The van der Waals surface area contributed by atoms with Gasteiger partial charge in [0.2, 0.25) is 0 Å². The number of nitrogens with zero attached hydrogens (tertiary/aromatic N) is 3. The van der Waals surface area contributed by atoms with E-state index in [1.165, 1.54) is 12.1 Å². The second kappa shape index (κ2) is 9.77. The summed E-state index contributed by atoms with van der Waals surface area (Å²) in [4.78, 5) is 14.9. The summed E-state index contributed by atoms with van der Waals surface area (Å²) in [5.74, 6) is 0.645. The number of H-pyrrole nitrogens is 1. The van der Waals surface area contributed by atoms with E-state index in [9.17, 15) is 13.2 Å². The van der Waals surface area contributed by atoms with E-state index in [1.807, 2.05) is 43.3 Å². The highest BCUT2D eigenvalue weighted by molar-refractivity contribution is 7.22. The number of ether oxygens (including phenoxy) is 1. The molecule has 1 saturated heterocycles. The van der Waals surface area contributed by atoms with Crippen LogP contribution in [0.2, 0.25) is 0 Å². The number of anilines is 3. The van der Waals surface area contributed by atoms with Gasteiger partial charge in [0.15, 0.2) is 5.13 Å². The van der Waals surface area contributed by atoms with Gasteiger partial charge in [-0.15, -0.1) is 0 Å². The van der Waals surface area contributed by atoms with Crippen LogP contribution in [-0.4, -0.2) is 41.3 Å². The fourth-order valence-corrected chi connectivity index (χ4v) is 5.57. The lowest BCUT2D eigenvalue weighted by molar-refractivity contribution is -0.137. The number of aryl methyl sites for hydroxylation is 1. The molecule has 2 aromatic heterocycles. The molecule has 38 heavy (non-hydrogen) atoms. The predicted octanol–water partition coefficient (Wildman–Crippen LogP) is 7.26. The molecule has 0 bridgehead atoms. The molecule has 194 valence electrons. The van der Waals surface area contributed by atoms with Gasteiger partial charge in [0.1, 0.15) is 5.82 Å². The normalized spacial score (nSPS) is 14.3. The van der Waals surface area contributed by atoms with Gasteiger partial charge in [-0.2, -0.15) is 13.2 Å². The summed E-state index contributed by atoms with van der Waals surface area (Å²) in [5, 5.41) is 4.53. The molecule has 6 nitrogen and oxygen atoms in total. The molecule has 1 fully saturated rings. The van der Waals surface area contributed by atoms with Gasteiger partial charge in [-0.1, -0.05) is 35.6 Å². The molecule has 10 heteroatoms. The van der Waals surface area contributed by atoms with Gasteiger partial charge in [-0.05, 0) is 54.4 Å². The van der Waals surface area contributed by atoms with Crippen molar-refractivity contribution in [2.75, 3.05) is 36.5 Å². The van der Waals surface area contributed by atoms with Crippen LogP contribution < -0.4 is 10.2 Å². The van der Waals surface area contributed by atoms with E-state index in [-0.39, 0.29) is 0 Å². The highest BCUT2D eigenvalue weighted by Crippen LogP contribution is 2.37. The first-order valence-electron chi connectivity index (χ1n) is 12.2. The van der Waals surface area contributed by atoms with E-state index < -0.39 is 11.7 Å². The van der Waals surface area contributed by atoms with Crippen molar-refractivity contribution in [3.63, 3.8) is 0 Å². The van der Waals surface area contributed by atoms with Crippen LogP contribution in [0.4, 0.5) is 29.7 Å². The number of rotatable bonds is 5. The summed E-state index contributed by atoms with van der Waals surface area (Å²) < 4.78 is 45.3. The minimum atomic E-state index is -4.37. The van der Waals surface area contributed by atoms with E-state index in [2.05, 4.69) is 20.2 Å². The molecule has 5 aromatic rings. The zero-order chi connectivity index (χ0) is 26.3. The van der Waals surface area contributed by atoms with E-state index in [4.69, 9.17) is 9.72 Å². The number of aromatic nitrogens is 3. The minimum Gasteiger partial charge on any atom is -0.378 e. The molecular formula is C28H24F3N5OS. The van der Waals surface area contributed by atoms with Gasteiger partial charge in [0.25, 0.3) is 0 Å². The fourth-order valence-electron chi connectivity index (χ4n) is 4.48. The van der Waals surface area contributed by atoms with Crippen LogP contribution in [0.15, 0.2) is 66.9 Å². The molecule has 6 rings (SSSR count). The van der Waals surface area contributed by atoms with Crippen molar-refractivity contribution in [1.29, 1.82) is 0 Å². The molecule has 3 aromatic carbocycles. The Hall–Kier alpha value is -3.89. The van der Waals surface area contributed by atoms with Crippen molar-refractivity contribution in [1.82, 2.24) is 15.0 Å². The number of alkyl halides is 3. The van der Waals surface area contributed by atoms with Crippen LogP contribution in [0, 0.1) is 6.92 Å². The number of halogens is 3. The first kappa shape index (κ1) is 24.4. The van der Waals surface area contributed by atoms with Crippen molar-refractivity contribution in [2.24, 2.45) is 0 Å². The van der Waals surface area contributed by atoms with Crippen LogP contribution in [0.5, 0.6) is 0 Å². The van der Waals surface area contributed by atoms with Gasteiger partial charge >= 0.3 is 6.18 Å². The summed E-state index contributed by atoms with van der Waals surface area (Å²) >= 11 is 1.66. The number of thiazole rings is 1. The summed E-state index contributed by atoms with van der Waals surface area (Å²) in [6.07, 6.45) is -2.72. The standard InChI is InChI=1S/C28H24F3N5OS/c1-17-5-10-20(33-22-3-2-4-23-25(22)38-27(35-23)36-11-13-37-14-12-36)15-21(17)26-32-16-24(34-26)18-6-8-19(9-7-18)28(29,30)31/h2-10,15-16,33H,11-14H2,1H3,(H,32,34). The summed E-state index contributed by atoms with van der Waals surface area (Å²) in [6.45, 7) is 5.09. The maximum atomic E-state index is 12.9. The van der Waals surface area contributed by atoms with Crippen molar-refractivity contribution >= 4 is 38.1 Å². The lowest BCUT2D eigenvalue weighted by Crippen LogP contribution is -2.36. The Morgan fingerprint density at radius 2 is 1.82 bits per heavy atom. The van der Waals surface area contributed by atoms with Gasteiger partial charge in [-0.3, -0.25) is 0 Å². The first-order valence-corrected chi connectivity index (χ1v) is 13.0. The van der Waals surface area contributed by atoms with Crippen molar-refractivity contribution in [3.8, 4) is 22.6 Å². The molecule has 0 saturated carbocycles. The van der Waals surface area contributed by atoms with E-state index in [0.717, 1.165) is 63.1 Å². The van der Waals surface area contributed by atoms with E-state index >= 15 is 0 Å². The van der Waals surface area contributed by atoms with Crippen molar-refractivity contribution in [2.45, 2.75) is 13.1 Å². The highest BCUT2D eigenvalue weighted by Gasteiger charge is 2.30. The molecular weight excluding hydrogens is 511 g/mol. The average Bonchev–Trinajstić information content (AvgIpc) is 3.58. The Kier molecular flexibility index (Phi) is 6.29. The Labute approximate surface area is 221 Å². The van der Waals surface area contributed by atoms with E-state index in [0.29, 0.717) is 30.3 Å². The number of aromatic amines is 1. The monoisotopic (exact) mass is 535 g/mol. The lowest BCUT2D eigenvalue weighted by atomic mass is 10.1. The molecule has 0 amide bonds. The molecule has 2 N–H and O–H groups in total. The predicted molar refractivity (Wildman–Crippen MR) is 145 cm³/mol. The summed E-state index contributed by atoms with van der Waals surface area (Å²) in [5.41, 5.74) is 5.34. The number of morpholine rings is 1. The highest BCUT2D eigenvalue weighted by atomic mass is 32.1. The molecule has 0 aliphatic carbocycles. The first-order chi connectivity index (χ1) is 18.3. The van der Waals surface area contributed by atoms with E-state index in [1.54, 1.807) is 17.5 Å². The van der Waals surface area contributed by atoms with Crippen LogP contribution in [0.25, 0.3) is 32.9 Å². The number of hydrogen-bond donors (Lipinski definition) is 2. The SMILES string of the molecule is Cc1ccc(Nc2cccc3nc(N4CCOCC4)sc23)cc1-c1ncc(-c2ccc(C(F)(F)F)cc2)[nH]1. The molecule has 0 radical (unpaired) electrons. The Morgan fingerprint density at radius 1 is 1.03 bits per heavy atom. The molecule has 3 heterocycles. The van der Waals surface area contributed by atoms with Gasteiger partial charge < -0.3 is 19.9 Å². The van der Waals surface area contributed by atoms with Crippen molar-refractivity contribution < 1.29 is 17.9 Å². The average molecular weight is 536 g/mol. The molecule has 1 aliphatic heterocycles. The number of hydrogen-bond acceptors (Lipinski definition) is 6. The number of nitrogens with one attached hydrogen (secondary N) is 2. The van der Waals surface area contributed by atoms with Crippen LogP contribution in [0.1, 0.15) is 11.1 Å². The Balaban J connectivity index is 1.27.